The van der Waals surface area contributed by atoms with E-state index in [1.54, 1.807) is 13.8 Å². The fourth-order valence-corrected chi connectivity index (χ4v) is 2.22. The van der Waals surface area contributed by atoms with Crippen molar-refractivity contribution in [1.82, 2.24) is 5.32 Å². The number of aliphatic hydroxyl groups excluding tert-OH is 1. The Kier molecular flexibility index (Phi) is 6.77. The number of aliphatic hydroxyl groups is 1. The van der Waals surface area contributed by atoms with Crippen LogP contribution in [0.15, 0.2) is 24.3 Å². The van der Waals surface area contributed by atoms with E-state index in [0.29, 0.717) is 0 Å². The van der Waals surface area contributed by atoms with E-state index < -0.39 is 42.2 Å². The van der Waals surface area contributed by atoms with E-state index in [9.17, 15) is 27.9 Å². The van der Waals surface area contributed by atoms with Gasteiger partial charge in [0.1, 0.15) is 12.1 Å². The van der Waals surface area contributed by atoms with E-state index in [1.807, 2.05) is 0 Å². The molecule has 1 aromatic carbocycles. The number of benzene rings is 1. The lowest BCUT2D eigenvalue weighted by Crippen LogP contribution is -2.47. The predicted octanol–water partition coefficient (Wildman–Crippen LogP) is 2.22. The number of carboxylic acids is 1. The minimum atomic E-state index is -4.62. The van der Waals surface area contributed by atoms with Gasteiger partial charge in [-0.05, 0) is 24.0 Å². The summed E-state index contributed by atoms with van der Waals surface area (Å²) >= 11 is 0. The topological polar surface area (TPSA) is 86.6 Å². The maximum Gasteiger partial charge on any atom is 0.416 e. The van der Waals surface area contributed by atoms with Crippen LogP contribution in [-0.2, 0) is 22.2 Å². The fourth-order valence-electron chi connectivity index (χ4n) is 2.22. The standard InChI is InChI=1S/C16H20F3NO4/c1-9(2)7-13(21)14(22)20-12(15(23)24)8-10-5-3-4-6-11(10)16(17,18)19/h3-6,9,12-13,21H,7-8H2,1-2H3,(H,20,22)(H,23,24)/t12-,13+/m1/s1. The molecule has 0 saturated heterocycles. The Morgan fingerprint density at radius 2 is 1.79 bits per heavy atom. The van der Waals surface area contributed by atoms with Crippen molar-refractivity contribution >= 4 is 11.9 Å². The largest absolute Gasteiger partial charge is 0.480 e. The molecule has 0 radical (unpaired) electrons. The molecule has 2 atom stereocenters. The van der Waals surface area contributed by atoms with Crippen molar-refractivity contribution in [1.29, 1.82) is 0 Å². The molecule has 3 N–H and O–H groups in total. The van der Waals surface area contributed by atoms with Crippen molar-refractivity contribution in [2.24, 2.45) is 5.92 Å². The van der Waals surface area contributed by atoms with Crippen molar-refractivity contribution in [3.05, 3.63) is 35.4 Å². The molecule has 0 aliphatic rings. The van der Waals surface area contributed by atoms with Gasteiger partial charge in [0.15, 0.2) is 0 Å². The van der Waals surface area contributed by atoms with Crippen molar-refractivity contribution in [3.8, 4) is 0 Å². The number of hydrogen-bond acceptors (Lipinski definition) is 3. The molecule has 0 aliphatic carbocycles. The summed E-state index contributed by atoms with van der Waals surface area (Å²) in [5, 5.41) is 20.9. The number of hydrogen-bond donors (Lipinski definition) is 3. The first kappa shape index (κ1) is 20.0. The lowest BCUT2D eigenvalue weighted by Gasteiger charge is -2.20. The van der Waals surface area contributed by atoms with E-state index in [2.05, 4.69) is 5.32 Å². The van der Waals surface area contributed by atoms with Gasteiger partial charge in [-0.1, -0.05) is 32.0 Å². The number of alkyl halides is 3. The molecule has 0 saturated carbocycles. The van der Waals surface area contributed by atoms with E-state index in [4.69, 9.17) is 5.11 Å². The minimum absolute atomic E-state index is 0.0000153. The summed E-state index contributed by atoms with van der Waals surface area (Å²) in [5.41, 5.74) is -1.19. The number of amides is 1. The Balaban J connectivity index is 2.93. The Bertz CT molecular complexity index is 587. The first-order valence-electron chi connectivity index (χ1n) is 7.38. The summed E-state index contributed by atoms with van der Waals surface area (Å²) in [7, 11) is 0. The van der Waals surface area contributed by atoms with Gasteiger partial charge >= 0.3 is 12.1 Å². The Hall–Kier alpha value is -2.09. The van der Waals surface area contributed by atoms with Gasteiger partial charge in [0.25, 0.3) is 0 Å². The molecule has 0 bridgehead atoms. The van der Waals surface area contributed by atoms with E-state index in [-0.39, 0.29) is 17.9 Å². The molecule has 0 spiro atoms. The molecule has 1 aromatic rings. The Labute approximate surface area is 137 Å². The first-order chi connectivity index (χ1) is 11.0. The number of aliphatic carboxylic acids is 1. The number of nitrogens with one attached hydrogen (secondary N) is 1. The van der Waals surface area contributed by atoms with Crippen molar-refractivity contribution in [2.75, 3.05) is 0 Å². The zero-order valence-electron chi connectivity index (χ0n) is 13.3. The second kappa shape index (κ2) is 8.14. The summed E-state index contributed by atoms with van der Waals surface area (Å²) in [6, 6.07) is 3.01. The molecular weight excluding hydrogens is 327 g/mol. The van der Waals surface area contributed by atoms with Crippen LogP contribution in [0.2, 0.25) is 0 Å². The van der Waals surface area contributed by atoms with Crippen LogP contribution in [-0.4, -0.2) is 34.2 Å². The Morgan fingerprint density at radius 1 is 1.21 bits per heavy atom. The van der Waals surface area contributed by atoms with Gasteiger partial charge in [-0.2, -0.15) is 13.2 Å². The SMILES string of the molecule is CC(C)C[C@H](O)C(=O)N[C@H](Cc1ccccc1C(F)(F)F)C(=O)O. The van der Waals surface area contributed by atoms with Crippen LogP contribution in [0.1, 0.15) is 31.4 Å². The van der Waals surface area contributed by atoms with E-state index in [0.717, 1.165) is 12.1 Å². The van der Waals surface area contributed by atoms with Gasteiger partial charge in [-0.15, -0.1) is 0 Å². The van der Waals surface area contributed by atoms with Crippen LogP contribution < -0.4 is 5.32 Å². The summed E-state index contributed by atoms with van der Waals surface area (Å²) < 4.78 is 38.9. The molecule has 5 nitrogen and oxygen atoms in total. The van der Waals surface area contributed by atoms with Crippen LogP contribution in [0.5, 0.6) is 0 Å². The first-order valence-corrected chi connectivity index (χ1v) is 7.38. The zero-order valence-corrected chi connectivity index (χ0v) is 13.3. The highest BCUT2D eigenvalue weighted by atomic mass is 19.4. The highest BCUT2D eigenvalue weighted by Crippen LogP contribution is 2.32. The highest BCUT2D eigenvalue weighted by molar-refractivity contribution is 5.86. The summed E-state index contributed by atoms with van der Waals surface area (Å²) in [5.74, 6) is -2.39. The normalized spacial score (nSPS) is 14.3. The van der Waals surface area contributed by atoms with Crippen molar-refractivity contribution in [2.45, 2.75) is 45.0 Å². The van der Waals surface area contributed by atoms with Crippen LogP contribution in [0.4, 0.5) is 13.2 Å². The maximum atomic E-state index is 13.0. The molecule has 0 aliphatic heterocycles. The molecular formula is C16H20F3NO4. The van der Waals surface area contributed by atoms with Gasteiger partial charge in [0.05, 0.1) is 5.56 Å². The van der Waals surface area contributed by atoms with E-state index >= 15 is 0 Å². The number of rotatable bonds is 7. The van der Waals surface area contributed by atoms with Gasteiger partial charge in [-0.25, -0.2) is 4.79 Å². The van der Waals surface area contributed by atoms with Crippen LogP contribution in [0.25, 0.3) is 0 Å². The van der Waals surface area contributed by atoms with Gasteiger partial charge < -0.3 is 15.5 Å². The third kappa shape index (κ3) is 5.84. The molecule has 0 fully saturated rings. The molecule has 1 amide bonds. The third-order valence-electron chi connectivity index (χ3n) is 3.36. The molecule has 0 aromatic heterocycles. The molecule has 8 heteroatoms. The average Bonchev–Trinajstić information content (AvgIpc) is 2.45. The third-order valence-corrected chi connectivity index (χ3v) is 3.36. The number of carbonyl (C=O) groups excluding carboxylic acids is 1. The molecule has 0 unspecified atom stereocenters. The highest BCUT2D eigenvalue weighted by Gasteiger charge is 2.34. The predicted molar refractivity (Wildman–Crippen MR) is 80.2 cm³/mol. The summed E-state index contributed by atoms with van der Waals surface area (Å²) in [6.45, 7) is 3.54. The lowest BCUT2D eigenvalue weighted by molar-refractivity contribution is -0.144. The van der Waals surface area contributed by atoms with Crippen LogP contribution in [0.3, 0.4) is 0 Å². The monoisotopic (exact) mass is 347 g/mol. The van der Waals surface area contributed by atoms with Gasteiger partial charge in [0, 0.05) is 6.42 Å². The van der Waals surface area contributed by atoms with Crippen LogP contribution in [0, 0.1) is 5.92 Å². The molecule has 1 rings (SSSR count). The number of carboxylic acid groups (broad SMARTS) is 1. The zero-order chi connectivity index (χ0) is 18.5. The second-order valence-electron chi connectivity index (χ2n) is 5.90. The van der Waals surface area contributed by atoms with E-state index in [1.165, 1.54) is 12.1 Å². The number of halogens is 3. The number of carbonyl (C=O) groups is 2. The van der Waals surface area contributed by atoms with Gasteiger partial charge in [0.2, 0.25) is 5.91 Å². The minimum Gasteiger partial charge on any atom is -0.480 e. The van der Waals surface area contributed by atoms with Crippen molar-refractivity contribution in [3.63, 3.8) is 0 Å². The second-order valence-corrected chi connectivity index (χ2v) is 5.90. The van der Waals surface area contributed by atoms with Crippen molar-refractivity contribution < 1.29 is 33.0 Å². The van der Waals surface area contributed by atoms with Crippen LogP contribution >= 0.6 is 0 Å². The maximum absolute atomic E-state index is 13.0. The lowest BCUT2D eigenvalue weighted by atomic mass is 9.99. The Morgan fingerprint density at radius 3 is 2.29 bits per heavy atom. The summed E-state index contributed by atoms with van der Waals surface area (Å²) in [4.78, 5) is 23.1. The van der Waals surface area contributed by atoms with Gasteiger partial charge in [-0.3, -0.25) is 4.79 Å². The fraction of sp³-hybridized carbons (Fsp3) is 0.500. The smallest absolute Gasteiger partial charge is 0.416 e. The molecule has 0 heterocycles. The average molecular weight is 347 g/mol. The quantitative estimate of drug-likeness (QED) is 0.706. The molecule has 24 heavy (non-hydrogen) atoms. The molecule has 134 valence electrons. The summed E-state index contributed by atoms with van der Waals surface area (Å²) in [6.07, 6.45) is -6.45.